The molecule has 2 aromatic carbocycles. The van der Waals surface area contributed by atoms with Crippen molar-refractivity contribution in [2.45, 2.75) is 57.3 Å². The number of para-hydroxylation sites is 2. The van der Waals surface area contributed by atoms with E-state index in [4.69, 9.17) is 5.73 Å². The van der Waals surface area contributed by atoms with Gasteiger partial charge < -0.3 is 41.9 Å². The Hall–Kier alpha value is -4.68. The molecule has 0 aliphatic rings. The third kappa shape index (κ3) is 7.40. The highest BCUT2D eigenvalue weighted by Gasteiger charge is 2.33. The zero-order valence-electron chi connectivity index (χ0n) is 24.1. The number of carboxylic acid groups (broad SMARTS) is 1. The molecule has 0 aliphatic carbocycles. The number of aliphatic hydroxyl groups excluding tert-OH is 1. The van der Waals surface area contributed by atoms with Crippen LogP contribution in [0.3, 0.4) is 0 Å². The van der Waals surface area contributed by atoms with Gasteiger partial charge in [-0.3, -0.25) is 14.4 Å². The lowest BCUT2D eigenvalue weighted by atomic mass is 9.96. The number of hydrogen-bond acceptors (Lipinski definition) is 6. The van der Waals surface area contributed by atoms with Crippen molar-refractivity contribution in [2.75, 3.05) is 6.61 Å². The number of nitrogens with two attached hydrogens (primary N) is 1. The molecule has 5 atom stereocenters. The number of aromatic amines is 2. The summed E-state index contributed by atoms with van der Waals surface area (Å²) < 4.78 is 0. The van der Waals surface area contributed by atoms with Crippen LogP contribution in [0.4, 0.5) is 0 Å². The van der Waals surface area contributed by atoms with E-state index >= 15 is 0 Å². The number of aliphatic hydroxyl groups is 1. The standard InChI is InChI=1S/C31H38N6O6/c1-3-17(2)27(37-28(39)22(32)16-38)30(41)35-25(12-18-14-33-23-10-6-4-8-20(18)23)29(40)36-26(31(42)43)13-19-15-34-24-11-7-5-9-21(19)24/h4-11,14-15,17,22,25-27,33-34,38H,3,12-13,16,32H2,1-2H3,(H,35,41)(H,36,40)(H,37,39)(H,42,43). The first-order chi connectivity index (χ1) is 20.6. The maximum absolute atomic E-state index is 13.7. The van der Waals surface area contributed by atoms with E-state index in [0.29, 0.717) is 6.42 Å². The fraction of sp³-hybridized carbons (Fsp3) is 0.355. The van der Waals surface area contributed by atoms with E-state index in [-0.39, 0.29) is 18.8 Å². The highest BCUT2D eigenvalue weighted by molar-refractivity contribution is 5.95. The number of amides is 3. The largest absolute Gasteiger partial charge is 0.480 e. The van der Waals surface area contributed by atoms with Crippen LogP contribution in [0.15, 0.2) is 60.9 Å². The second-order valence-corrected chi connectivity index (χ2v) is 10.7. The molecular weight excluding hydrogens is 552 g/mol. The molecule has 0 bridgehead atoms. The topological polar surface area (TPSA) is 202 Å². The Kier molecular flexibility index (Phi) is 10.2. The van der Waals surface area contributed by atoms with Crippen LogP contribution in [0.1, 0.15) is 31.4 Å². The molecule has 43 heavy (non-hydrogen) atoms. The van der Waals surface area contributed by atoms with E-state index in [2.05, 4.69) is 25.9 Å². The molecule has 9 N–H and O–H groups in total. The summed E-state index contributed by atoms with van der Waals surface area (Å²) in [5, 5.41) is 29.0. The van der Waals surface area contributed by atoms with E-state index in [1.807, 2.05) is 55.5 Å². The number of fused-ring (bicyclic) bond motifs is 2. The van der Waals surface area contributed by atoms with Gasteiger partial charge >= 0.3 is 5.97 Å². The lowest BCUT2D eigenvalue weighted by Crippen LogP contribution is -2.59. The number of carbonyl (C=O) groups is 4. The summed E-state index contributed by atoms with van der Waals surface area (Å²) in [5.41, 5.74) is 8.80. The SMILES string of the molecule is CCC(C)C(NC(=O)C(N)CO)C(=O)NC(Cc1c[nH]c2ccccc12)C(=O)NC(Cc1c[nH]c2ccccc12)C(=O)O. The number of H-pyrrole nitrogens is 2. The fourth-order valence-corrected chi connectivity index (χ4v) is 5.03. The second kappa shape index (κ2) is 14.0. The molecule has 12 nitrogen and oxygen atoms in total. The molecule has 3 amide bonds. The monoisotopic (exact) mass is 590 g/mol. The summed E-state index contributed by atoms with van der Waals surface area (Å²) in [6.07, 6.45) is 4.06. The maximum atomic E-state index is 13.7. The predicted molar refractivity (Wildman–Crippen MR) is 162 cm³/mol. The number of carboxylic acids is 1. The minimum absolute atomic E-state index is 0.0173. The van der Waals surface area contributed by atoms with Crippen LogP contribution in [-0.2, 0) is 32.0 Å². The predicted octanol–water partition coefficient (Wildman–Crippen LogP) is 1.34. The highest BCUT2D eigenvalue weighted by atomic mass is 16.4. The van der Waals surface area contributed by atoms with Gasteiger partial charge in [-0.2, -0.15) is 0 Å². The van der Waals surface area contributed by atoms with Crippen molar-refractivity contribution in [1.29, 1.82) is 0 Å². The number of aliphatic carboxylic acids is 1. The van der Waals surface area contributed by atoms with Gasteiger partial charge in [-0.1, -0.05) is 56.7 Å². The summed E-state index contributed by atoms with van der Waals surface area (Å²) in [6.45, 7) is 3.02. The van der Waals surface area contributed by atoms with Crippen molar-refractivity contribution in [3.05, 3.63) is 72.1 Å². The van der Waals surface area contributed by atoms with Gasteiger partial charge in [0.2, 0.25) is 17.7 Å². The molecule has 5 unspecified atom stereocenters. The molecule has 228 valence electrons. The average Bonchev–Trinajstić information content (AvgIpc) is 3.62. The van der Waals surface area contributed by atoms with Crippen molar-refractivity contribution in [3.63, 3.8) is 0 Å². The normalized spacial score (nSPS) is 14.9. The third-order valence-corrected chi connectivity index (χ3v) is 7.77. The van der Waals surface area contributed by atoms with Crippen LogP contribution in [0.25, 0.3) is 21.8 Å². The van der Waals surface area contributed by atoms with Gasteiger partial charge in [0.25, 0.3) is 0 Å². The second-order valence-electron chi connectivity index (χ2n) is 10.7. The van der Waals surface area contributed by atoms with Crippen molar-refractivity contribution >= 4 is 45.5 Å². The smallest absolute Gasteiger partial charge is 0.326 e. The van der Waals surface area contributed by atoms with Crippen LogP contribution >= 0.6 is 0 Å². The molecule has 0 spiro atoms. The molecule has 0 saturated carbocycles. The van der Waals surface area contributed by atoms with Gasteiger partial charge in [0, 0.05) is 47.0 Å². The van der Waals surface area contributed by atoms with Gasteiger partial charge in [-0.15, -0.1) is 0 Å². The van der Waals surface area contributed by atoms with Gasteiger partial charge in [-0.25, -0.2) is 4.79 Å². The molecule has 2 heterocycles. The third-order valence-electron chi connectivity index (χ3n) is 7.77. The molecular formula is C31H38N6O6. The van der Waals surface area contributed by atoms with E-state index in [1.54, 1.807) is 19.3 Å². The first-order valence-electron chi connectivity index (χ1n) is 14.2. The number of hydrogen-bond donors (Lipinski definition) is 8. The Morgan fingerprint density at radius 1 is 0.791 bits per heavy atom. The Bertz CT molecular complexity index is 1600. The van der Waals surface area contributed by atoms with Crippen molar-refractivity contribution in [2.24, 2.45) is 11.7 Å². The number of carbonyl (C=O) groups excluding carboxylic acids is 3. The molecule has 4 rings (SSSR count). The number of rotatable bonds is 14. The summed E-state index contributed by atoms with van der Waals surface area (Å²) in [4.78, 5) is 58.3. The minimum atomic E-state index is -1.28. The molecule has 12 heteroatoms. The van der Waals surface area contributed by atoms with Crippen molar-refractivity contribution in [1.82, 2.24) is 25.9 Å². The fourth-order valence-electron chi connectivity index (χ4n) is 5.03. The minimum Gasteiger partial charge on any atom is -0.480 e. The van der Waals surface area contributed by atoms with Gasteiger partial charge in [0.1, 0.15) is 24.2 Å². The van der Waals surface area contributed by atoms with Crippen LogP contribution in [-0.4, -0.2) is 74.6 Å². The lowest BCUT2D eigenvalue weighted by molar-refractivity contribution is -0.142. The molecule has 0 radical (unpaired) electrons. The number of aromatic nitrogens is 2. The van der Waals surface area contributed by atoms with Crippen LogP contribution in [0.2, 0.25) is 0 Å². The Balaban J connectivity index is 1.60. The molecule has 0 fully saturated rings. The summed E-state index contributed by atoms with van der Waals surface area (Å²) in [5.74, 6) is -3.58. The summed E-state index contributed by atoms with van der Waals surface area (Å²) >= 11 is 0. The molecule has 0 aliphatic heterocycles. The van der Waals surface area contributed by atoms with Crippen LogP contribution in [0, 0.1) is 5.92 Å². The van der Waals surface area contributed by atoms with Gasteiger partial charge in [0.15, 0.2) is 0 Å². The van der Waals surface area contributed by atoms with E-state index in [9.17, 15) is 29.4 Å². The first kappa shape index (κ1) is 31.3. The maximum Gasteiger partial charge on any atom is 0.326 e. The molecule has 0 saturated heterocycles. The quantitative estimate of drug-likeness (QED) is 0.108. The number of nitrogens with one attached hydrogen (secondary N) is 5. The first-order valence-corrected chi connectivity index (χ1v) is 14.2. The number of benzene rings is 2. The summed E-state index contributed by atoms with van der Waals surface area (Å²) in [6, 6.07) is 10.2. The zero-order valence-corrected chi connectivity index (χ0v) is 24.1. The van der Waals surface area contributed by atoms with Crippen molar-refractivity contribution < 1.29 is 29.4 Å². The van der Waals surface area contributed by atoms with Crippen LogP contribution < -0.4 is 21.7 Å². The van der Waals surface area contributed by atoms with Gasteiger partial charge in [-0.05, 0) is 29.2 Å². The highest BCUT2D eigenvalue weighted by Crippen LogP contribution is 2.21. The summed E-state index contributed by atoms with van der Waals surface area (Å²) in [7, 11) is 0. The van der Waals surface area contributed by atoms with E-state index in [0.717, 1.165) is 32.9 Å². The van der Waals surface area contributed by atoms with Crippen LogP contribution in [0.5, 0.6) is 0 Å². The molecule has 2 aromatic heterocycles. The van der Waals surface area contributed by atoms with E-state index < -0.39 is 54.5 Å². The average molecular weight is 591 g/mol. The Labute approximate surface area is 248 Å². The van der Waals surface area contributed by atoms with E-state index in [1.165, 1.54) is 0 Å². The molecule has 4 aromatic rings. The zero-order chi connectivity index (χ0) is 31.1. The Morgan fingerprint density at radius 2 is 1.30 bits per heavy atom. The van der Waals surface area contributed by atoms with Gasteiger partial charge in [0.05, 0.1) is 6.61 Å². The Morgan fingerprint density at radius 3 is 1.81 bits per heavy atom. The lowest BCUT2D eigenvalue weighted by Gasteiger charge is -2.28. The van der Waals surface area contributed by atoms with Crippen molar-refractivity contribution in [3.8, 4) is 0 Å².